The molecule has 4 aromatic carbocycles. The zero-order chi connectivity index (χ0) is 33.2. The predicted octanol–water partition coefficient (Wildman–Crippen LogP) is 6.29. The molecule has 9 heteroatoms. The number of ether oxygens (including phenoxy) is 1. The number of nitrogens with zero attached hydrogens (tertiary/aromatic N) is 2. The number of para-hydroxylation sites is 1. The Balaban J connectivity index is 1.54. The van der Waals surface area contributed by atoms with Crippen LogP contribution in [0.1, 0.15) is 48.8 Å². The van der Waals surface area contributed by atoms with E-state index in [1.807, 2.05) is 61.5 Å². The minimum Gasteiger partial charge on any atom is -0.497 e. The molecule has 2 amide bonds. The molecule has 5 rings (SSSR count). The van der Waals surface area contributed by atoms with Gasteiger partial charge in [-0.05, 0) is 67.3 Å². The van der Waals surface area contributed by atoms with Crippen molar-refractivity contribution < 1.29 is 22.7 Å². The van der Waals surface area contributed by atoms with Gasteiger partial charge < -0.3 is 15.0 Å². The molecule has 1 N–H and O–H groups in total. The van der Waals surface area contributed by atoms with E-state index >= 15 is 0 Å². The maximum atomic E-state index is 14.6. The Morgan fingerprint density at radius 2 is 1.47 bits per heavy atom. The van der Waals surface area contributed by atoms with E-state index in [0.29, 0.717) is 11.4 Å². The Bertz CT molecular complexity index is 1720. The Labute approximate surface area is 278 Å². The number of rotatable bonds is 13. The van der Waals surface area contributed by atoms with Gasteiger partial charge in [0.25, 0.3) is 10.0 Å². The molecule has 0 bridgehead atoms. The smallest absolute Gasteiger partial charge is 0.264 e. The first-order valence-electron chi connectivity index (χ1n) is 16.2. The van der Waals surface area contributed by atoms with Crippen molar-refractivity contribution in [2.24, 2.45) is 0 Å². The van der Waals surface area contributed by atoms with Crippen LogP contribution >= 0.6 is 0 Å². The lowest BCUT2D eigenvalue weighted by molar-refractivity contribution is -0.140. The second kappa shape index (κ2) is 15.8. The molecular weight excluding hydrogens is 611 g/mol. The Morgan fingerprint density at radius 3 is 2.11 bits per heavy atom. The number of sulfonamides is 1. The van der Waals surface area contributed by atoms with Gasteiger partial charge in [0.05, 0.1) is 17.7 Å². The minimum atomic E-state index is -4.19. The van der Waals surface area contributed by atoms with Crippen LogP contribution in [0.25, 0.3) is 0 Å². The Morgan fingerprint density at radius 1 is 0.830 bits per heavy atom. The number of amides is 2. The fourth-order valence-corrected chi connectivity index (χ4v) is 7.52. The summed E-state index contributed by atoms with van der Waals surface area (Å²) in [5.41, 5.74) is 3.13. The van der Waals surface area contributed by atoms with Gasteiger partial charge in [-0.15, -0.1) is 0 Å². The summed E-state index contributed by atoms with van der Waals surface area (Å²) in [5.74, 6) is -0.193. The second-order valence-electron chi connectivity index (χ2n) is 12.1. The van der Waals surface area contributed by atoms with Gasteiger partial charge in [0.15, 0.2) is 0 Å². The molecule has 0 aliphatic heterocycles. The van der Waals surface area contributed by atoms with Crippen LogP contribution < -0.4 is 14.4 Å². The van der Waals surface area contributed by atoms with Gasteiger partial charge in [-0.25, -0.2) is 8.42 Å². The first-order valence-corrected chi connectivity index (χ1v) is 17.6. The van der Waals surface area contributed by atoms with Crippen molar-refractivity contribution in [1.82, 2.24) is 10.2 Å². The van der Waals surface area contributed by atoms with Crippen LogP contribution in [0.15, 0.2) is 114 Å². The molecule has 8 nitrogen and oxygen atoms in total. The quantitative estimate of drug-likeness (QED) is 0.183. The van der Waals surface area contributed by atoms with Gasteiger partial charge in [-0.1, -0.05) is 97.6 Å². The third-order valence-electron chi connectivity index (χ3n) is 8.63. The molecule has 0 saturated heterocycles. The average molecular weight is 654 g/mol. The number of hydrogen-bond acceptors (Lipinski definition) is 5. The maximum Gasteiger partial charge on any atom is 0.264 e. The zero-order valence-electron chi connectivity index (χ0n) is 27.0. The number of hydrogen-bond donors (Lipinski definition) is 1. The largest absolute Gasteiger partial charge is 0.497 e. The van der Waals surface area contributed by atoms with Gasteiger partial charge in [0, 0.05) is 19.0 Å². The summed E-state index contributed by atoms with van der Waals surface area (Å²) in [4.78, 5) is 30.4. The molecule has 1 fully saturated rings. The van der Waals surface area contributed by atoms with Gasteiger partial charge in [-0.2, -0.15) is 0 Å². The van der Waals surface area contributed by atoms with E-state index < -0.39 is 28.5 Å². The standard InChI is InChI=1S/C38H43N3O5S/c1-29-13-12-16-31(25-29)27-40(36(26-30-14-6-3-7-15-30)38(43)39-32-17-8-4-9-18-32)37(42)28-41(33-19-10-5-11-20-33)47(44,45)35-23-21-34(46-2)22-24-35/h3,5-7,10-16,19-25,32,36H,4,8-9,17-18,26-28H2,1-2H3,(H,39,43)/t36-/m0/s1. The zero-order valence-corrected chi connectivity index (χ0v) is 27.9. The van der Waals surface area contributed by atoms with Crippen molar-refractivity contribution in [3.05, 3.63) is 126 Å². The van der Waals surface area contributed by atoms with Crippen LogP contribution in [-0.4, -0.2) is 50.9 Å². The van der Waals surface area contributed by atoms with Crippen molar-refractivity contribution in [1.29, 1.82) is 0 Å². The number of benzene rings is 4. The molecule has 4 aromatic rings. The summed E-state index contributed by atoms with van der Waals surface area (Å²) in [6, 6.07) is 31.3. The number of carbonyl (C=O) groups excluding carboxylic acids is 2. The highest BCUT2D eigenvalue weighted by atomic mass is 32.2. The summed E-state index contributed by atoms with van der Waals surface area (Å²) >= 11 is 0. The minimum absolute atomic E-state index is 0.0241. The van der Waals surface area contributed by atoms with Gasteiger partial charge >= 0.3 is 0 Å². The van der Waals surface area contributed by atoms with Crippen LogP contribution in [-0.2, 0) is 32.6 Å². The molecule has 0 heterocycles. The summed E-state index contributed by atoms with van der Waals surface area (Å²) in [5, 5.41) is 3.25. The van der Waals surface area contributed by atoms with Crippen molar-refractivity contribution in [3.63, 3.8) is 0 Å². The van der Waals surface area contributed by atoms with Crippen molar-refractivity contribution in [2.75, 3.05) is 18.0 Å². The summed E-state index contributed by atoms with van der Waals surface area (Å²) < 4.78 is 34.7. The Kier molecular flexibility index (Phi) is 11.3. The average Bonchev–Trinajstić information content (AvgIpc) is 3.10. The number of methoxy groups -OCH3 is 1. The Hall–Kier alpha value is -4.63. The molecule has 246 valence electrons. The maximum absolute atomic E-state index is 14.6. The predicted molar refractivity (Wildman–Crippen MR) is 185 cm³/mol. The molecule has 47 heavy (non-hydrogen) atoms. The summed E-state index contributed by atoms with van der Waals surface area (Å²) in [6.45, 7) is 1.62. The van der Waals surface area contributed by atoms with E-state index in [4.69, 9.17) is 4.74 Å². The molecule has 1 aliphatic rings. The molecule has 1 saturated carbocycles. The third-order valence-corrected chi connectivity index (χ3v) is 10.4. The highest BCUT2D eigenvalue weighted by molar-refractivity contribution is 7.92. The van der Waals surface area contributed by atoms with E-state index in [9.17, 15) is 18.0 Å². The molecule has 0 aromatic heterocycles. The fraction of sp³-hybridized carbons (Fsp3) is 0.316. The molecule has 1 aliphatic carbocycles. The van der Waals surface area contributed by atoms with E-state index in [-0.39, 0.29) is 29.8 Å². The summed E-state index contributed by atoms with van der Waals surface area (Å²) in [7, 11) is -2.67. The monoisotopic (exact) mass is 653 g/mol. The summed E-state index contributed by atoms with van der Waals surface area (Å²) in [6.07, 6.45) is 5.34. The van der Waals surface area contributed by atoms with Crippen LogP contribution in [0, 0.1) is 6.92 Å². The van der Waals surface area contributed by atoms with Crippen LogP contribution in [0.2, 0.25) is 0 Å². The van der Waals surface area contributed by atoms with Crippen LogP contribution in [0.5, 0.6) is 5.75 Å². The number of anilines is 1. The lowest BCUT2D eigenvalue weighted by atomic mass is 9.94. The van der Waals surface area contributed by atoms with E-state index in [1.165, 1.54) is 19.2 Å². The topological polar surface area (TPSA) is 96.0 Å². The van der Waals surface area contributed by atoms with Gasteiger partial charge in [-0.3, -0.25) is 13.9 Å². The molecule has 1 atom stereocenters. The van der Waals surface area contributed by atoms with Crippen molar-refractivity contribution in [2.45, 2.75) is 69.0 Å². The fourth-order valence-electron chi connectivity index (χ4n) is 6.10. The van der Waals surface area contributed by atoms with Crippen molar-refractivity contribution in [3.8, 4) is 5.75 Å². The highest BCUT2D eigenvalue weighted by Gasteiger charge is 2.35. The first-order chi connectivity index (χ1) is 22.7. The molecular formula is C38H43N3O5S. The normalized spacial score (nSPS) is 14.2. The van der Waals surface area contributed by atoms with Gasteiger partial charge in [0.1, 0.15) is 18.3 Å². The highest BCUT2D eigenvalue weighted by Crippen LogP contribution is 2.27. The lowest BCUT2D eigenvalue weighted by Crippen LogP contribution is -2.55. The second-order valence-corrected chi connectivity index (χ2v) is 13.9. The third kappa shape index (κ3) is 8.80. The van der Waals surface area contributed by atoms with E-state index in [0.717, 1.165) is 53.1 Å². The van der Waals surface area contributed by atoms with Gasteiger partial charge in [0.2, 0.25) is 11.8 Å². The molecule has 0 radical (unpaired) electrons. The number of carbonyl (C=O) groups is 2. The molecule has 0 unspecified atom stereocenters. The molecule has 0 spiro atoms. The van der Waals surface area contributed by atoms with E-state index in [2.05, 4.69) is 5.32 Å². The number of aryl methyl sites for hydroxylation is 1. The van der Waals surface area contributed by atoms with E-state index in [1.54, 1.807) is 47.4 Å². The van der Waals surface area contributed by atoms with Crippen LogP contribution in [0.4, 0.5) is 5.69 Å². The van der Waals surface area contributed by atoms with Crippen LogP contribution in [0.3, 0.4) is 0 Å². The van der Waals surface area contributed by atoms with Crippen molar-refractivity contribution >= 4 is 27.5 Å². The first kappa shape index (κ1) is 33.7. The number of nitrogens with one attached hydrogen (secondary N) is 1. The SMILES string of the molecule is COc1ccc(S(=O)(=O)N(CC(=O)N(Cc2cccc(C)c2)[C@@H](Cc2ccccc2)C(=O)NC2CCCCC2)c2ccccc2)cc1. The lowest BCUT2D eigenvalue weighted by Gasteiger charge is -2.35.